The minimum atomic E-state index is 0.538. The summed E-state index contributed by atoms with van der Waals surface area (Å²) >= 11 is 0. The number of hydrogen-bond acceptors (Lipinski definition) is 2. The Morgan fingerprint density at radius 1 is 1.50 bits per heavy atom. The third kappa shape index (κ3) is 1.46. The van der Waals surface area contributed by atoms with Crippen LogP contribution < -0.4 is 5.32 Å². The molecule has 1 N–H and O–H groups in total. The van der Waals surface area contributed by atoms with Crippen LogP contribution >= 0.6 is 0 Å². The van der Waals surface area contributed by atoms with Gasteiger partial charge in [-0.2, -0.15) is 5.10 Å². The maximum atomic E-state index is 4.69. The fourth-order valence-electron chi connectivity index (χ4n) is 2.17. The zero-order chi connectivity index (χ0) is 10.1. The number of nitrogens with zero attached hydrogens (tertiary/aromatic N) is 2. The summed E-state index contributed by atoms with van der Waals surface area (Å²) in [5.41, 5.74) is 4.19. The van der Waals surface area contributed by atoms with Gasteiger partial charge in [0.15, 0.2) is 0 Å². The van der Waals surface area contributed by atoms with Gasteiger partial charge in [-0.3, -0.25) is 4.68 Å². The first kappa shape index (κ1) is 9.71. The Labute approximate surface area is 85.5 Å². The van der Waals surface area contributed by atoms with Crippen LogP contribution in [-0.4, -0.2) is 16.3 Å². The zero-order valence-electron chi connectivity index (χ0n) is 9.30. The van der Waals surface area contributed by atoms with E-state index in [-0.39, 0.29) is 0 Å². The van der Waals surface area contributed by atoms with Crippen molar-refractivity contribution in [2.45, 2.75) is 46.2 Å². The SMILES string of the molecule is CCn1nc(C(C)C)c2c1CCNC2. The Morgan fingerprint density at radius 3 is 2.93 bits per heavy atom. The van der Waals surface area contributed by atoms with E-state index >= 15 is 0 Å². The highest BCUT2D eigenvalue weighted by Crippen LogP contribution is 2.24. The van der Waals surface area contributed by atoms with E-state index in [2.05, 4.69) is 35.9 Å². The molecule has 0 aromatic carbocycles. The predicted octanol–water partition coefficient (Wildman–Crippen LogP) is 1.67. The molecular formula is C11H19N3. The van der Waals surface area contributed by atoms with Gasteiger partial charge in [-0.05, 0) is 12.8 Å². The highest BCUT2D eigenvalue weighted by atomic mass is 15.3. The number of aromatic nitrogens is 2. The molecule has 78 valence electrons. The van der Waals surface area contributed by atoms with Crippen LogP contribution in [0.4, 0.5) is 0 Å². The quantitative estimate of drug-likeness (QED) is 0.774. The van der Waals surface area contributed by atoms with Crippen molar-refractivity contribution in [2.75, 3.05) is 6.54 Å². The van der Waals surface area contributed by atoms with Crippen LogP contribution in [0.3, 0.4) is 0 Å². The summed E-state index contributed by atoms with van der Waals surface area (Å²) in [6, 6.07) is 0. The molecule has 2 rings (SSSR count). The van der Waals surface area contributed by atoms with Gasteiger partial charge >= 0.3 is 0 Å². The molecule has 3 nitrogen and oxygen atoms in total. The maximum absolute atomic E-state index is 4.69. The largest absolute Gasteiger partial charge is 0.312 e. The van der Waals surface area contributed by atoms with Crippen LogP contribution in [0.5, 0.6) is 0 Å². The second-order valence-electron chi connectivity index (χ2n) is 4.21. The van der Waals surface area contributed by atoms with Gasteiger partial charge in [-0.1, -0.05) is 13.8 Å². The minimum absolute atomic E-state index is 0.538. The molecule has 2 heterocycles. The minimum Gasteiger partial charge on any atom is -0.312 e. The molecule has 0 spiro atoms. The van der Waals surface area contributed by atoms with E-state index < -0.39 is 0 Å². The normalized spacial score (nSPS) is 16.0. The summed E-state index contributed by atoms with van der Waals surface area (Å²) in [5.74, 6) is 0.538. The molecule has 0 fully saturated rings. The van der Waals surface area contributed by atoms with Crippen LogP contribution in [0.2, 0.25) is 0 Å². The van der Waals surface area contributed by atoms with E-state index in [1.54, 1.807) is 0 Å². The lowest BCUT2D eigenvalue weighted by Crippen LogP contribution is -2.25. The molecule has 0 amide bonds. The van der Waals surface area contributed by atoms with Crippen molar-refractivity contribution < 1.29 is 0 Å². The molecular weight excluding hydrogens is 174 g/mol. The highest BCUT2D eigenvalue weighted by Gasteiger charge is 2.20. The summed E-state index contributed by atoms with van der Waals surface area (Å²) in [5, 5.41) is 8.11. The van der Waals surface area contributed by atoms with Crippen molar-refractivity contribution in [3.8, 4) is 0 Å². The molecule has 1 aromatic rings. The zero-order valence-corrected chi connectivity index (χ0v) is 9.30. The number of rotatable bonds is 2. The maximum Gasteiger partial charge on any atom is 0.0697 e. The highest BCUT2D eigenvalue weighted by molar-refractivity contribution is 5.30. The van der Waals surface area contributed by atoms with Crippen molar-refractivity contribution >= 4 is 0 Å². The first-order valence-corrected chi connectivity index (χ1v) is 5.53. The van der Waals surface area contributed by atoms with E-state index in [4.69, 9.17) is 0 Å². The summed E-state index contributed by atoms with van der Waals surface area (Å²) < 4.78 is 2.17. The lowest BCUT2D eigenvalue weighted by atomic mass is 10.0. The Balaban J connectivity index is 2.46. The Bertz CT molecular complexity index is 326. The van der Waals surface area contributed by atoms with Crippen molar-refractivity contribution in [1.82, 2.24) is 15.1 Å². The van der Waals surface area contributed by atoms with Crippen LogP contribution in [-0.2, 0) is 19.5 Å². The molecule has 1 aliphatic heterocycles. The van der Waals surface area contributed by atoms with Gasteiger partial charge < -0.3 is 5.32 Å². The smallest absolute Gasteiger partial charge is 0.0697 e. The third-order valence-corrected chi connectivity index (χ3v) is 2.88. The van der Waals surface area contributed by atoms with E-state index in [0.717, 1.165) is 26.1 Å². The van der Waals surface area contributed by atoms with Crippen LogP contribution in [0.15, 0.2) is 0 Å². The van der Waals surface area contributed by atoms with Gasteiger partial charge in [0.25, 0.3) is 0 Å². The average molecular weight is 193 g/mol. The summed E-state index contributed by atoms with van der Waals surface area (Å²) in [6.07, 6.45) is 1.13. The molecule has 14 heavy (non-hydrogen) atoms. The number of fused-ring (bicyclic) bond motifs is 1. The van der Waals surface area contributed by atoms with Crippen LogP contribution in [0, 0.1) is 0 Å². The molecule has 0 saturated carbocycles. The summed E-state index contributed by atoms with van der Waals surface area (Å²) in [4.78, 5) is 0. The predicted molar refractivity (Wildman–Crippen MR) is 57.4 cm³/mol. The molecule has 0 radical (unpaired) electrons. The Kier molecular flexibility index (Phi) is 2.59. The first-order chi connectivity index (χ1) is 6.74. The van der Waals surface area contributed by atoms with Crippen molar-refractivity contribution in [3.63, 3.8) is 0 Å². The standard InChI is InChI=1S/C11H19N3/c1-4-14-10-5-6-12-7-9(10)11(13-14)8(2)3/h8,12H,4-7H2,1-3H3. The second-order valence-corrected chi connectivity index (χ2v) is 4.21. The fraction of sp³-hybridized carbons (Fsp3) is 0.727. The lowest BCUT2D eigenvalue weighted by molar-refractivity contribution is 0.570. The van der Waals surface area contributed by atoms with Crippen molar-refractivity contribution in [2.24, 2.45) is 0 Å². The third-order valence-electron chi connectivity index (χ3n) is 2.88. The monoisotopic (exact) mass is 193 g/mol. The van der Waals surface area contributed by atoms with Crippen LogP contribution in [0.25, 0.3) is 0 Å². The molecule has 0 atom stereocenters. The molecule has 0 bridgehead atoms. The number of nitrogens with one attached hydrogen (secondary N) is 1. The molecule has 0 saturated heterocycles. The topological polar surface area (TPSA) is 29.9 Å². The van der Waals surface area contributed by atoms with Crippen molar-refractivity contribution in [1.29, 1.82) is 0 Å². The molecule has 0 unspecified atom stereocenters. The molecule has 1 aliphatic rings. The number of aryl methyl sites for hydroxylation is 1. The lowest BCUT2D eigenvalue weighted by Gasteiger charge is -2.15. The van der Waals surface area contributed by atoms with Gasteiger partial charge in [0.05, 0.1) is 5.69 Å². The number of hydrogen-bond donors (Lipinski definition) is 1. The van der Waals surface area contributed by atoms with E-state index in [0.29, 0.717) is 5.92 Å². The molecule has 0 aliphatic carbocycles. The van der Waals surface area contributed by atoms with Crippen molar-refractivity contribution in [3.05, 3.63) is 17.0 Å². The van der Waals surface area contributed by atoms with Gasteiger partial charge in [0.1, 0.15) is 0 Å². The van der Waals surface area contributed by atoms with E-state index in [1.165, 1.54) is 17.0 Å². The molecule has 1 aromatic heterocycles. The van der Waals surface area contributed by atoms with E-state index in [1.807, 2.05) is 0 Å². The Hall–Kier alpha value is -0.830. The van der Waals surface area contributed by atoms with Gasteiger partial charge in [-0.25, -0.2) is 0 Å². The fourth-order valence-corrected chi connectivity index (χ4v) is 2.17. The van der Waals surface area contributed by atoms with E-state index in [9.17, 15) is 0 Å². The molecule has 3 heteroatoms. The second kappa shape index (κ2) is 3.73. The van der Waals surface area contributed by atoms with Gasteiger partial charge in [0.2, 0.25) is 0 Å². The summed E-state index contributed by atoms with van der Waals surface area (Å²) in [6.45, 7) is 9.70. The van der Waals surface area contributed by atoms with Gasteiger partial charge in [0, 0.05) is 37.3 Å². The first-order valence-electron chi connectivity index (χ1n) is 5.53. The average Bonchev–Trinajstić information content (AvgIpc) is 2.56. The Morgan fingerprint density at radius 2 is 2.29 bits per heavy atom. The van der Waals surface area contributed by atoms with Gasteiger partial charge in [-0.15, -0.1) is 0 Å². The summed E-state index contributed by atoms with van der Waals surface area (Å²) in [7, 11) is 0. The van der Waals surface area contributed by atoms with Crippen LogP contribution in [0.1, 0.15) is 43.6 Å².